The Bertz CT molecular complexity index is 1400. The minimum absolute atomic E-state index is 0.0229. The van der Waals surface area contributed by atoms with Crippen LogP contribution < -0.4 is 14.8 Å². The summed E-state index contributed by atoms with van der Waals surface area (Å²) in [6.07, 6.45) is 5.61. The van der Waals surface area contributed by atoms with Crippen LogP contribution >= 0.6 is 23.5 Å². The van der Waals surface area contributed by atoms with Crippen LogP contribution in [-0.2, 0) is 0 Å². The predicted octanol–water partition coefficient (Wildman–Crippen LogP) is 5.24. The molecule has 0 spiro atoms. The number of amides is 1. The highest BCUT2D eigenvalue weighted by atomic mass is 35.5. The first-order valence-corrected chi connectivity index (χ1v) is 11.7. The Labute approximate surface area is 209 Å². The number of rotatable bonds is 8. The number of imidazole rings is 1. The van der Waals surface area contributed by atoms with Gasteiger partial charge in [-0.25, -0.2) is 18.7 Å². The van der Waals surface area contributed by atoms with E-state index < -0.39 is 11.6 Å². The van der Waals surface area contributed by atoms with Gasteiger partial charge in [0.1, 0.15) is 12.1 Å². The quantitative estimate of drug-likeness (QED) is 0.308. The summed E-state index contributed by atoms with van der Waals surface area (Å²) < 4.78 is 39.6. The summed E-state index contributed by atoms with van der Waals surface area (Å²) in [6.45, 7) is 4.45. The van der Waals surface area contributed by atoms with Crippen molar-refractivity contribution in [3.63, 3.8) is 0 Å². The lowest BCUT2D eigenvalue weighted by molar-refractivity contribution is 0.0946. The fourth-order valence-electron chi connectivity index (χ4n) is 3.19. The van der Waals surface area contributed by atoms with Crippen molar-refractivity contribution >= 4 is 40.7 Å². The molecule has 0 bridgehead atoms. The van der Waals surface area contributed by atoms with E-state index in [4.69, 9.17) is 16.3 Å². The van der Waals surface area contributed by atoms with Crippen molar-refractivity contribution in [1.29, 1.82) is 0 Å². The lowest BCUT2D eigenvalue weighted by Crippen LogP contribution is -2.27. The molecule has 1 amide bonds. The van der Waals surface area contributed by atoms with Crippen molar-refractivity contribution in [1.82, 2.24) is 24.7 Å². The number of pyridine rings is 1. The summed E-state index contributed by atoms with van der Waals surface area (Å²) >= 11 is 7.00. The molecule has 8 nitrogen and oxygen atoms in total. The van der Waals surface area contributed by atoms with Crippen LogP contribution in [0.5, 0.6) is 5.88 Å². The Balaban J connectivity index is 1.63. The first-order valence-electron chi connectivity index (χ1n) is 10.5. The standard InChI is InChI=1S/C23H21ClF2N6O2S/c1-12(2)7-28-22(33)21-17-9-27-16(10-32(17)11-30-21)19-14(25)4-5-15(20(19)26)31-35-18-6-13(24)8-29-23(18)34-3/h4-6,8-12,31H,7H2,1-3H3,(H,28,33). The van der Waals surface area contributed by atoms with Gasteiger partial charge < -0.3 is 19.2 Å². The van der Waals surface area contributed by atoms with Crippen LogP contribution in [0, 0.1) is 17.6 Å². The summed E-state index contributed by atoms with van der Waals surface area (Å²) in [4.78, 5) is 25.3. The Morgan fingerprint density at radius 3 is 2.77 bits per heavy atom. The van der Waals surface area contributed by atoms with Gasteiger partial charge in [-0.3, -0.25) is 9.78 Å². The fourth-order valence-corrected chi connectivity index (χ4v) is 4.20. The van der Waals surface area contributed by atoms with Crippen LogP contribution in [0.15, 0.2) is 48.0 Å². The molecule has 0 aliphatic rings. The van der Waals surface area contributed by atoms with E-state index in [1.165, 1.54) is 42.5 Å². The molecule has 0 saturated heterocycles. The summed E-state index contributed by atoms with van der Waals surface area (Å²) in [7, 11) is 1.45. The molecule has 0 radical (unpaired) electrons. The van der Waals surface area contributed by atoms with Crippen LogP contribution in [-0.4, -0.2) is 38.9 Å². The molecule has 3 aromatic heterocycles. The monoisotopic (exact) mass is 518 g/mol. The second-order valence-electron chi connectivity index (χ2n) is 7.91. The lowest BCUT2D eigenvalue weighted by atomic mass is 10.1. The molecule has 2 N–H and O–H groups in total. The number of carbonyl (C=O) groups is 1. The number of aromatic nitrogens is 4. The van der Waals surface area contributed by atoms with Crippen molar-refractivity contribution < 1.29 is 18.3 Å². The van der Waals surface area contributed by atoms with Crippen LogP contribution in [0.25, 0.3) is 16.8 Å². The number of halogens is 3. The molecule has 4 aromatic rings. The number of hydrogen-bond acceptors (Lipinski definition) is 7. The molecule has 0 fully saturated rings. The van der Waals surface area contributed by atoms with Gasteiger partial charge in [0.25, 0.3) is 5.91 Å². The van der Waals surface area contributed by atoms with Crippen molar-refractivity contribution in [2.75, 3.05) is 18.4 Å². The molecule has 4 rings (SSSR count). The second kappa shape index (κ2) is 10.4. The van der Waals surface area contributed by atoms with Crippen molar-refractivity contribution in [2.45, 2.75) is 18.7 Å². The van der Waals surface area contributed by atoms with E-state index in [0.29, 0.717) is 27.9 Å². The average Bonchev–Trinajstić information content (AvgIpc) is 3.25. The zero-order valence-corrected chi connectivity index (χ0v) is 20.5. The average molecular weight is 519 g/mol. The number of nitrogens with one attached hydrogen (secondary N) is 2. The van der Waals surface area contributed by atoms with Gasteiger partial charge in [0, 0.05) is 18.9 Å². The predicted molar refractivity (Wildman–Crippen MR) is 131 cm³/mol. The molecule has 182 valence electrons. The molecule has 12 heteroatoms. The minimum Gasteiger partial charge on any atom is -0.480 e. The van der Waals surface area contributed by atoms with Crippen molar-refractivity contribution in [3.8, 4) is 17.1 Å². The Morgan fingerprint density at radius 2 is 2.03 bits per heavy atom. The first-order chi connectivity index (χ1) is 16.8. The number of benzene rings is 1. The lowest BCUT2D eigenvalue weighted by Gasteiger charge is -2.12. The number of nitrogens with zero attached hydrogens (tertiary/aromatic N) is 4. The zero-order chi connectivity index (χ0) is 25.1. The number of hydrogen-bond donors (Lipinski definition) is 2. The van der Waals surface area contributed by atoms with Crippen LogP contribution in [0.2, 0.25) is 5.02 Å². The normalized spacial score (nSPS) is 11.2. The molecule has 3 heterocycles. The van der Waals surface area contributed by atoms with Gasteiger partial charge in [0.2, 0.25) is 5.88 Å². The van der Waals surface area contributed by atoms with Gasteiger partial charge in [0.05, 0.1) is 45.7 Å². The molecular weight excluding hydrogens is 498 g/mol. The van der Waals surface area contributed by atoms with E-state index >= 15 is 4.39 Å². The van der Waals surface area contributed by atoms with Gasteiger partial charge >= 0.3 is 0 Å². The molecular formula is C23H21ClF2N6O2S. The maximum Gasteiger partial charge on any atom is 0.272 e. The van der Waals surface area contributed by atoms with E-state index in [1.54, 1.807) is 6.07 Å². The van der Waals surface area contributed by atoms with Crippen molar-refractivity contribution in [3.05, 3.63) is 65.5 Å². The fraction of sp³-hybridized carbons (Fsp3) is 0.217. The van der Waals surface area contributed by atoms with Crippen LogP contribution in [0.1, 0.15) is 24.3 Å². The van der Waals surface area contributed by atoms with E-state index in [-0.39, 0.29) is 34.5 Å². The summed E-state index contributed by atoms with van der Waals surface area (Å²) in [5, 5.41) is 3.17. The van der Waals surface area contributed by atoms with Gasteiger partial charge in [-0.15, -0.1) is 0 Å². The molecule has 1 aromatic carbocycles. The molecule has 0 aliphatic heterocycles. The first kappa shape index (κ1) is 24.7. The van der Waals surface area contributed by atoms with Crippen LogP contribution in [0.4, 0.5) is 14.5 Å². The third-order valence-electron chi connectivity index (χ3n) is 4.90. The highest BCUT2D eigenvalue weighted by Crippen LogP contribution is 2.34. The number of carbonyl (C=O) groups excluding carboxylic acids is 1. The Kier molecular flexibility index (Phi) is 7.37. The SMILES string of the molecule is COc1ncc(Cl)cc1SNc1ccc(F)c(-c2cn3cnc(C(=O)NCC(C)C)c3cn2)c1F. The molecule has 0 unspecified atom stereocenters. The van der Waals surface area contributed by atoms with Crippen molar-refractivity contribution in [2.24, 2.45) is 5.92 Å². The highest BCUT2D eigenvalue weighted by molar-refractivity contribution is 8.00. The number of fused-ring (bicyclic) bond motifs is 1. The van der Waals surface area contributed by atoms with E-state index in [0.717, 1.165) is 18.0 Å². The maximum atomic E-state index is 15.4. The molecule has 35 heavy (non-hydrogen) atoms. The van der Waals surface area contributed by atoms with E-state index in [1.807, 2.05) is 13.8 Å². The van der Waals surface area contributed by atoms with Gasteiger partial charge in [-0.05, 0) is 36.1 Å². The molecule has 0 atom stereocenters. The summed E-state index contributed by atoms with van der Waals surface area (Å²) in [6, 6.07) is 4.02. The van der Waals surface area contributed by atoms with Gasteiger partial charge in [0.15, 0.2) is 11.5 Å². The third-order valence-corrected chi connectivity index (χ3v) is 5.94. The largest absolute Gasteiger partial charge is 0.480 e. The molecule has 0 aliphatic carbocycles. The number of ether oxygens (including phenoxy) is 1. The number of methoxy groups -OCH3 is 1. The Morgan fingerprint density at radius 1 is 1.23 bits per heavy atom. The number of anilines is 1. The second-order valence-corrected chi connectivity index (χ2v) is 9.20. The smallest absolute Gasteiger partial charge is 0.272 e. The topological polar surface area (TPSA) is 93.4 Å². The Hall–Kier alpha value is -3.44. The summed E-state index contributed by atoms with van der Waals surface area (Å²) in [5.74, 6) is -1.40. The van der Waals surface area contributed by atoms with Gasteiger partial charge in [-0.2, -0.15) is 0 Å². The van der Waals surface area contributed by atoms with E-state index in [2.05, 4.69) is 25.0 Å². The zero-order valence-electron chi connectivity index (χ0n) is 19.0. The molecule has 0 saturated carbocycles. The third kappa shape index (κ3) is 5.30. The minimum atomic E-state index is -0.840. The summed E-state index contributed by atoms with van der Waals surface area (Å²) in [5.41, 5.74) is 0.334. The van der Waals surface area contributed by atoms with Gasteiger partial charge in [-0.1, -0.05) is 25.4 Å². The van der Waals surface area contributed by atoms with E-state index in [9.17, 15) is 9.18 Å². The van der Waals surface area contributed by atoms with Crippen LogP contribution in [0.3, 0.4) is 0 Å². The highest BCUT2D eigenvalue weighted by Gasteiger charge is 2.20. The maximum absolute atomic E-state index is 15.4.